The summed E-state index contributed by atoms with van der Waals surface area (Å²) in [6.07, 6.45) is 0.203. The monoisotopic (exact) mass is 152 g/mol. The number of hydrogen-bond donors (Lipinski definition) is 0. The highest BCUT2D eigenvalue weighted by Gasteiger charge is 2.31. The van der Waals surface area contributed by atoms with Crippen LogP contribution in [0.1, 0.15) is 26.7 Å². The van der Waals surface area contributed by atoms with Crippen LogP contribution in [0, 0.1) is 0 Å². The lowest BCUT2D eigenvalue weighted by Gasteiger charge is -2.11. The van der Waals surface area contributed by atoms with Crippen molar-refractivity contribution < 1.29 is 9.18 Å². The summed E-state index contributed by atoms with van der Waals surface area (Å²) in [5, 5.41) is -2.12. The quantitative estimate of drug-likeness (QED) is 0.567. The molecule has 0 aromatic carbocycles. The molecule has 0 amide bonds. The summed E-state index contributed by atoms with van der Waals surface area (Å²) in [6.45, 7) is 3.13. The third-order valence-electron chi connectivity index (χ3n) is 1.17. The van der Waals surface area contributed by atoms with Gasteiger partial charge in [-0.3, -0.25) is 4.79 Å². The van der Waals surface area contributed by atoms with E-state index in [9.17, 15) is 9.18 Å². The van der Waals surface area contributed by atoms with Crippen LogP contribution in [0.15, 0.2) is 0 Å². The van der Waals surface area contributed by atoms with E-state index in [0.29, 0.717) is 0 Å². The smallest absolute Gasteiger partial charge is 0.240 e. The molecule has 0 fully saturated rings. The fourth-order valence-electron chi connectivity index (χ4n) is 0.456. The van der Waals surface area contributed by atoms with Crippen molar-refractivity contribution in [2.45, 2.75) is 31.8 Å². The molecule has 0 bridgehead atoms. The van der Waals surface area contributed by atoms with Crippen molar-refractivity contribution in [2.24, 2.45) is 0 Å². The number of halogens is 2. The summed E-state index contributed by atoms with van der Waals surface area (Å²) >= 11 is 5.16. The largest absolute Gasteiger partial charge is 0.295 e. The van der Waals surface area contributed by atoms with Gasteiger partial charge in [-0.25, -0.2) is 4.39 Å². The summed E-state index contributed by atoms with van der Waals surface area (Å²) in [7, 11) is 0. The summed E-state index contributed by atoms with van der Waals surface area (Å²) in [6, 6.07) is 0. The molecule has 0 aliphatic heterocycles. The van der Waals surface area contributed by atoms with Gasteiger partial charge in [0.2, 0.25) is 5.13 Å². The SMILES string of the molecule is CCC(=O)C(F)(Cl)CC. The van der Waals surface area contributed by atoms with E-state index in [4.69, 9.17) is 11.6 Å². The van der Waals surface area contributed by atoms with Crippen molar-refractivity contribution in [3.8, 4) is 0 Å². The molecule has 0 aromatic heterocycles. The van der Waals surface area contributed by atoms with E-state index in [1.165, 1.54) is 0 Å². The molecule has 0 heterocycles. The van der Waals surface area contributed by atoms with E-state index in [-0.39, 0.29) is 12.8 Å². The average Bonchev–Trinajstić information content (AvgIpc) is 1.86. The summed E-state index contributed by atoms with van der Waals surface area (Å²) in [5.74, 6) is -0.535. The van der Waals surface area contributed by atoms with E-state index in [1.54, 1.807) is 13.8 Å². The van der Waals surface area contributed by atoms with Crippen molar-refractivity contribution in [3.05, 3.63) is 0 Å². The van der Waals surface area contributed by atoms with Gasteiger partial charge in [0.1, 0.15) is 0 Å². The Morgan fingerprint density at radius 1 is 1.67 bits per heavy atom. The van der Waals surface area contributed by atoms with Gasteiger partial charge in [-0.1, -0.05) is 25.4 Å². The van der Waals surface area contributed by atoms with Crippen LogP contribution in [0.4, 0.5) is 4.39 Å². The number of carbonyl (C=O) groups is 1. The normalized spacial score (nSPS) is 16.9. The topological polar surface area (TPSA) is 17.1 Å². The molecule has 0 rings (SSSR count). The number of alkyl halides is 2. The van der Waals surface area contributed by atoms with Crippen LogP contribution in [0.5, 0.6) is 0 Å². The van der Waals surface area contributed by atoms with Crippen LogP contribution in [0.2, 0.25) is 0 Å². The second-order valence-corrected chi connectivity index (χ2v) is 2.43. The molecule has 0 radical (unpaired) electrons. The summed E-state index contributed by atoms with van der Waals surface area (Å²) in [5.41, 5.74) is 0. The number of rotatable bonds is 3. The second kappa shape index (κ2) is 3.16. The Hall–Kier alpha value is -0.110. The molecule has 0 spiro atoms. The van der Waals surface area contributed by atoms with Crippen molar-refractivity contribution in [1.82, 2.24) is 0 Å². The van der Waals surface area contributed by atoms with Gasteiger partial charge in [0.15, 0.2) is 5.78 Å². The van der Waals surface area contributed by atoms with Gasteiger partial charge in [0, 0.05) is 12.8 Å². The molecule has 0 saturated carbocycles. The van der Waals surface area contributed by atoms with Crippen LogP contribution < -0.4 is 0 Å². The Morgan fingerprint density at radius 3 is 2.22 bits per heavy atom. The Labute approximate surface area is 59.2 Å². The van der Waals surface area contributed by atoms with Crippen LogP contribution >= 0.6 is 11.6 Å². The van der Waals surface area contributed by atoms with Gasteiger partial charge in [-0.15, -0.1) is 0 Å². The van der Waals surface area contributed by atoms with Crippen molar-refractivity contribution in [1.29, 1.82) is 0 Å². The first-order valence-electron chi connectivity index (χ1n) is 2.95. The fraction of sp³-hybridized carbons (Fsp3) is 0.833. The van der Waals surface area contributed by atoms with Crippen LogP contribution in [-0.2, 0) is 4.79 Å². The summed E-state index contributed by atoms with van der Waals surface area (Å²) in [4.78, 5) is 10.6. The molecule has 0 aliphatic rings. The highest BCUT2D eigenvalue weighted by atomic mass is 35.5. The molecule has 3 heteroatoms. The Balaban J connectivity index is 3.97. The minimum Gasteiger partial charge on any atom is -0.295 e. The minimum atomic E-state index is -2.12. The standard InChI is InChI=1S/C6H10ClFO/c1-3-5(9)6(7,8)4-2/h3-4H2,1-2H3. The van der Waals surface area contributed by atoms with Gasteiger partial charge >= 0.3 is 0 Å². The Bertz CT molecular complexity index is 112. The number of hydrogen-bond acceptors (Lipinski definition) is 1. The van der Waals surface area contributed by atoms with Crippen LogP contribution in [0.3, 0.4) is 0 Å². The lowest BCUT2D eigenvalue weighted by Crippen LogP contribution is -2.24. The molecular formula is C6H10ClFO. The van der Waals surface area contributed by atoms with Crippen molar-refractivity contribution in [3.63, 3.8) is 0 Å². The number of Topliss-reactive ketones (excluding diaryl/α,β-unsaturated/α-hetero) is 1. The van der Waals surface area contributed by atoms with Gasteiger partial charge in [-0.2, -0.15) is 0 Å². The molecule has 0 aliphatic carbocycles. The zero-order valence-electron chi connectivity index (χ0n) is 5.58. The number of carbonyl (C=O) groups excluding carboxylic acids is 1. The molecule has 1 nitrogen and oxygen atoms in total. The Morgan fingerprint density at radius 2 is 2.11 bits per heavy atom. The third kappa shape index (κ3) is 2.31. The third-order valence-corrected chi connectivity index (χ3v) is 1.65. The average molecular weight is 153 g/mol. The Kier molecular flexibility index (Phi) is 3.12. The highest BCUT2D eigenvalue weighted by Crippen LogP contribution is 2.23. The van der Waals surface area contributed by atoms with E-state index in [0.717, 1.165) is 0 Å². The lowest BCUT2D eigenvalue weighted by molar-refractivity contribution is -0.125. The molecule has 0 saturated heterocycles. The zero-order valence-corrected chi connectivity index (χ0v) is 6.33. The van der Waals surface area contributed by atoms with Crippen molar-refractivity contribution in [2.75, 3.05) is 0 Å². The van der Waals surface area contributed by atoms with Crippen molar-refractivity contribution >= 4 is 17.4 Å². The molecule has 0 aromatic rings. The highest BCUT2D eigenvalue weighted by molar-refractivity contribution is 6.33. The zero-order chi connectivity index (χ0) is 7.49. The van der Waals surface area contributed by atoms with Gasteiger partial charge < -0.3 is 0 Å². The minimum absolute atomic E-state index is 0.0429. The summed E-state index contributed by atoms with van der Waals surface area (Å²) < 4.78 is 12.6. The van der Waals surface area contributed by atoms with E-state index in [2.05, 4.69) is 0 Å². The predicted molar refractivity (Wildman–Crippen MR) is 35.3 cm³/mol. The molecule has 54 valence electrons. The number of ketones is 1. The molecule has 9 heavy (non-hydrogen) atoms. The lowest BCUT2D eigenvalue weighted by atomic mass is 10.1. The first kappa shape index (κ1) is 8.89. The fourth-order valence-corrected chi connectivity index (χ4v) is 0.589. The molecule has 1 atom stereocenters. The van der Waals surface area contributed by atoms with Crippen LogP contribution in [-0.4, -0.2) is 10.9 Å². The van der Waals surface area contributed by atoms with Gasteiger partial charge in [-0.05, 0) is 0 Å². The maximum Gasteiger partial charge on any atom is 0.240 e. The predicted octanol–water partition coefficient (Wildman–Crippen LogP) is 2.28. The van der Waals surface area contributed by atoms with Crippen LogP contribution in [0.25, 0.3) is 0 Å². The van der Waals surface area contributed by atoms with E-state index >= 15 is 0 Å². The molecule has 0 N–H and O–H groups in total. The van der Waals surface area contributed by atoms with Gasteiger partial charge in [0.25, 0.3) is 0 Å². The van der Waals surface area contributed by atoms with E-state index < -0.39 is 10.9 Å². The van der Waals surface area contributed by atoms with Gasteiger partial charge in [0.05, 0.1) is 0 Å². The maximum atomic E-state index is 12.6. The maximum absolute atomic E-state index is 12.6. The molecular weight excluding hydrogens is 143 g/mol. The first-order chi connectivity index (χ1) is 4.04. The molecule has 1 unspecified atom stereocenters. The second-order valence-electron chi connectivity index (χ2n) is 1.83. The first-order valence-corrected chi connectivity index (χ1v) is 3.33. The van der Waals surface area contributed by atoms with E-state index in [1.807, 2.05) is 0 Å².